The molecule has 0 aromatic heterocycles. The monoisotopic (exact) mass is 190 g/mol. The number of aromatic hydroxyl groups is 1. The van der Waals surface area contributed by atoms with Crippen LogP contribution in [-0.2, 0) is 0 Å². The normalized spacial score (nSPS) is 9.92. The number of hydrogen-bond acceptors (Lipinski definition) is 2. The van der Waals surface area contributed by atoms with Gasteiger partial charge in [-0.1, -0.05) is 11.6 Å². The molecule has 0 bridgehead atoms. The summed E-state index contributed by atoms with van der Waals surface area (Å²) in [6, 6.07) is 2.62. The van der Waals surface area contributed by atoms with Crippen molar-refractivity contribution in [3.8, 4) is 11.5 Å². The predicted molar refractivity (Wildman–Crippen MR) is 44.2 cm³/mol. The Balaban J connectivity index is 3.08. The molecule has 0 spiro atoms. The quantitative estimate of drug-likeness (QED) is 0.777. The van der Waals surface area contributed by atoms with Crippen LogP contribution in [0, 0.1) is 5.82 Å². The Morgan fingerprint density at radius 2 is 2.25 bits per heavy atom. The highest BCUT2D eigenvalue weighted by atomic mass is 35.5. The highest BCUT2D eigenvalue weighted by Gasteiger charge is 2.10. The minimum atomic E-state index is -0.724. The Morgan fingerprint density at radius 1 is 1.58 bits per heavy atom. The molecule has 0 unspecified atom stereocenters. The highest BCUT2D eigenvalue weighted by molar-refractivity contribution is 6.32. The van der Waals surface area contributed by atoms with Gasteiger partial charge in [-0.25, -0.2) is 4.39 Å². The summed E-state index contributed by atoms with van der Waals surface area (Å²) >= 11 is 5.41. The Bertz CT molecular complexity index is 289. The van der Waals surface area contributed by atoms with Gasteiger partial charge in [-0.15, -0.1) is 0 Å². The third kappa shape index (κ3) is 1.61. The fourth-order valence-electron chi connectivity index (χ4n) is 0.789. The lowest BCUT2D eigenvalue weighted by atomic mass is 10.3. The van der Waals surface area contributed by atoms with Crippen molar-refractivity contribution >= 4 is 11.6 Å². The second-order valence-corrected chi connectivity index (χ2v) is 2.52. The third-order valence-electron chi connectivity index (χ3n) is 1.33. The van der Waals surface area contributed by atoms with Gasteiger partial charge in [-0.05, 0) is 19.1 Å². The molecule has 1 N–H and O–H groups in total. The summed E-state index contributed by atoms with van der Waals surface area (Å²) in [5.41, 5.74) is 0. The Morgan fingerprint density at radius 3 is 2.83 bits per heavy atom. The number of ether oxygens (including phenoxy) is 1. The number of rotatable bonds is 2. The molecule has 0 aliphatic rings. The van der Waals surface area contributed by atoms with Crippen LogP contribution in [0.2, 0.25) is 5.02 Å². The van der Waals surface area contributed by atoms with E-state index in [1.807, 2.05) is 0 Å². The van der Waals surface area contributed by atoms with Crippen molar-refractivity contribution < 1.29 is 14.2 Å². The van der Waals surface area contributed by atoms with E-state index in [0.29, 0.717) is 6.61 Å². The summed E-state index contributed by atoms with van der Waals surface area (Å²) in [5, 5.41) is 8.66. The van der Waals surface area contributed by atoms with Gasteiger partial charge in [0.1, 0.15) is 10.8 Å². The van der Waals surface area contributed by atoms with E-state index in [9.17, 15) is 4.39 Å². The molecule has 0 saturated heterocycles. The topological polar surface area (TPSA) is 29.5 Å². The zero-order chi connectivity index (χ0) is 9.14. The van der Waals surface area contributed by atoms with E-state index in [0.717, 1.165) is 0 Å². The van der Waals surface area contributed by atoms with E-state index in [2.05, 4.69) is 0 Å². The first-order valence-electron chi connectivity index (χ1n) is 3.46. The van der Waals surface area contributed by atoms with E-state index in [1.165, 1.54) is 12.1 Å². The van der Waals surface area contributed by atoms with E-state index >= 15 is 0 Å². The van der Waals surface area contributed by atoms with E-state index in [1.54, 1.807) is 6.92 Å². The van der Waals surface area contributed by atoms with E-state index < -0.39 is 5.82 Å². The van der Waals surface area contributed by atoms with Gasteiger partial charge in [0, 0.05) is 0 Å². The zero-order valence-electron chi connectivity index (χ0n) is 6.47. The molecule has 4 heteroatoms. The lowest BCUT2D eigenvalue weighted by molar-refractivity contribution is 0.320. The summed E-state index contributed by atoms with van der Waals surface area (Å²) < 4.78 is 17.9. The van der Waals surface area contributed by atoms with E-state index in [-0.39, 0.29) is 16.5 Å². The smallest absolute Gasteiger partial charge is 0.187 e. The van der Waals surface area contributed by atoms with Crippen LogP contribution in [0.5, 0.6) is 11.5 Å². The maximum atomic E-state index is 13.0. The van der Waals surface area contributed by atoms with Crippen LogP contribution in [0.1, 0.15) is 6.92 Å². The average molecular weight is 191 g/mol. The molecule has 0 radical (unpaired) electrons. The van der Waals surface area contributed by atoms with Crippen molar-refractivity contribution in [1.29, 1.82) is 0 Å². The first-order chi connectivity index (χ1) is 5.66. The van der Waals surface area contributed by atoms with Crippen molar-refractivity contribution in [2.75, 3.05) is 6.61 Å². The standard InChI is InChI=1S/C8H8ClFO2/c1-2-12-6-4-3-5(11)7(9)8(6)10/h3-4,11H,2H2,1H3. The summed E-state index contributed by atoms with van der Waals surface area (Å²) in [6.07, 6.45) is 0. The Labute approximate surface area is 74.5 Å². The molecule has 66 valence electrons. The van der Waals surface area contributed by atoms with Crippen molar-refractivity contribution in [3.05, 3.63) is 23.0 Å². The van der Waals surface area contributed by atoms with Gasteiger partial charge in [0.05, 0.1) is 6.61 Å². The molecule has 0 atom stereocenters. The van der Waals surface area contributed by atoms with Crippen molar-refractivity contribution in [3.63, 3.8) is 0 Å². The molecular formula is C8H8ClFO2. The predicted octanol–water partition coefficient (Wildman–Crippen LogP) is 2.58. The van der Waals surface area contributed by atoms with Gasteiger partial charge in [-0.3, -0.25) is 0 Å². The first kappa shape index (κ1) is 9.13. The highest BCUT2D eigenvalue weighted by Crippen LogP contribution is 2.32. The van der Waals surface area contributed by atoms with Gasteiger partial charge < -0.3 is 9.84 Å². The summed E-state index contributed by atoms with van der Waals surface area (Å²) in [7, 11) is 0. The largest absolute Gasteiger partial charge is 0.506 e. The third-order valence-corrected chi connectivity index (χ3v) is 1.69. The van der Waals surface area contributed by atoms with Gasteiger partial charge in [0.15, 0.2) is 11.6 Å². The van der Waals surface area contributed by atoms with Crippen molar-refractivity contribution in [2.24, 2.45) is 0 Å². The number of hydrogen-bond donors (Lipinski definition) is 1. The second kappa shape index (κ2) is 3.63. The lowest BCUT2D eigenvalue weighted by Crippen LogP contribution is -1.94. The van der Waals surface area contributed by atoms with E-state index in [4.69, 9.17) is 21.4 Å². The van der Waals surface area contributed by atoms with Gasteiger partial charge in [0.2, 0.25) is 0 Å². The molecule has 1 aromatic carbocycles. The Hall–Kier alpha value is -0.960. The number of halogens is 2. The molecule has 0 fully saturated rings. The van der Waals surface area contributed by atoms with Crippen LogP contribution < -0.4 is 4.74 Å². The summed E-state index contributed by atoms with van der Waals surface area (Å²) in [4.78, 5) is 0. The Kier molecular flexibility index (Phi) is 2.76. The molecule has 0 saturated carbocycles. The van der Waals surface area contributed by atoms with Gasteiger partial charge >= 0.3 is 0 Å². The molecule has 12 heavy (non-hydrogen) atoms. The first-order valence-corrected chi connectivity index (χ1v) is 3.84. The number of benzene rings is 1. The van der Waals surface area contributed by atoms with Crippen LogP contribution in [0.25, 0.3) is 0 Å². The van der Waals surface area contributed by atoms with Crippen LogP contribution in [0.3, 0.4) is 0 Å². The van der Waals surface area contributed by atoms with Gasteiger partial charge in [-0.2, -0.15) is 0 Å². The summed E-state index contributed by atoms with van der Waals surface area (Å²) in [5.74, 6) is -0.948. The second-order valence-electron chi connectivity index (χ2n) is 2.14. The fraction of sp³-hybridized carbons (Fsp3) is 0.250. The lowest BCUT2D eigenvalue weighted by Gasteiger charge is -2.05. The van der Waals surface area contributed by atoms with Crippen molar-refractivity contribution in [2.45, 2.75) is 6.92 Å². The molecule has 0 amide bonds. The maximum absolute atomic E-state index is 13.0. The van der Waals surface area contributed by atoms with Gasteiger partial charge in [0.25, 0.3) is 0 Å². The number of phenols is 1. The molecule has 2 nitrogen and oxygen atoms in total. The minimum absolute atomic E-state index is 0.0558. The molecule has 0 aliphatic heterocycles. The SMILES string of the molecule is CCOc1ccc(O)c(Cl)c1F. The zero-order valence-corrected chi connectivity index (χ0v) is 7.23. The maximum Gasteiger partial charge on any atom is 0.187 e. The van der Waals surface area contributed by atoms with Crippen LogP contribution in [0.4, 0.5) is 4.39 Å². The average Bonchev–Trinajstić information content (AvgIpc) is 2.07. The van der Waals surface area contributed by atoms with Crippen LogP contribution in [0.15, 0.2) is 12.1 Å². The van der Waals surface area contributed by atoms with Crippen LogP contribution in [-0.4, -0.2) is 11.7 Å². The molecule has 0 aliphatic carbocycles. The molecular weight excluding hydrogens is 183 g/mol. The minimum Gasteiger partial charge on any atom is -0.506 e. The molecule has 1 rings (SSSR count). The van der Waals surface area contributed by atoms with Crippen LogP contribution >= 0.6 is 11.6 Å². The summed E-state index contributed by atoms with van der Waals surface area (Å²) in [6.45, 7) is 2.10. The fourth-order valence-corrected chi connectivity index (χ4v) is 0.945. The number of phenolic OH excluding ortho intramolecular Hbond substituents is 1. The molecule has 0 heterocycles. The van der Waals surface area contributed by atoms with Crippen molar-refractivity contribution in [1.82, 2.24) is 0 Å². The molecule has 1 aromatic rings.